The van der Waals surface area contributed by atoms with Crippen molar-refractivity contribution >= 4 is 39.2 Å². The first-order chi connectivity index (χ1) is 13.8. The van der Waals surface area contributed by atoms with Gasteiger partial charge in [-0.25, -0.2) is 13.1 Å². The van der Waals surface area contributed by atoms with E-state index in [9.17, 15) is 8.42 Å². The lowest BCUT2D eigenvalue weighted by Gasteiger charge is -2.25. The Morgan fingerprint density at radius 3 is 2.59 bits per heavy atom. The summed E-state index contributed by atoms with van der Waals surface area (Å²) in [5.41, 5.74) is 2.56. The first-order valence-corrected chi connectivity index (χ1v) is 10.9. The minimum atomic E-state index is -3.51. The lowest BCUT2D eigenvalue weighted by atomic mass is 10.0. The molecule has 1 aliphatic heterocycles. The van der Waals surface area contributed by atoms with Crippen LogP contribution in [-0.2, 0) is 10.0 Å². The second-order valence-corrected chi connectivity index (χ2v) is 8.66. The van der Waals surface area contributed by atoms with Gasteiger partial charge < -0.3 is 10.1 Å². The predicted molar refractivity (Wildman–Crippen MR) is 113 cm³/mol. The van der Waals surface area contributed by atoms with Crippen molar-refractivity contribution in [1.82, 2.24) is 14.8 Å². The average Bonchev–Trinajstić information content (AvgIpc) is 3.08. The van der Waals surface area contributed by atoms with E-state index in [1.807, 2.05) is 42.5 Å². The number of nitrogens with one attached hydrogen (secondary N) is 2. The monoisotopic (exact) mass is 431 g/mol. The van der Waals surface area contributed by atoms with E-state index in [1.165, 1.54) is 0 Å². The highest BCUT2D eigenvalue weighted by Gasteiger charge is 2.27. The third-order valence-corrected chi connectivity index (χ3v) is 5.16. The Morgan fingerprint density at radius 1 is 1.17 bits per heavy atom. The topological polar surface area (TPSA) is 98.1 Å². The van der Waals surface area contributed by atoms with Gasteiger partial charge in [0.15, 0.2) is 0 Å². The van der Waals surface area contributed by atoms with Crippen LogP contribution in [0.3, 0.4) is 0 Å². The number of halogens is 1. The summed E-state index contributed by atoms with van der Waals surface area (Å²) in [6.45, 7) is 0. The van der Waals surface area contributed by atoms with Gasteiger partial charge in [-0.2, -0.15) is 4.98 Å². The standard InChI is InChI=1S/C19H18ClN5O3S/c1-28-17-6-4-3-5-14(17)16-11-15(12-7-9-13(20)10-8-12)21-19-22-18(23-25(16)19)24-29(2,26)27/h3-11,16H,1-2H3,(H2,21,22,23,24)/t16-/m1/s1. The molecule has 10 heteroatoms. The number of hydrogen-bond donors (Lipinski definition) is 2. The van der Waals surface area contributed by atoms with Gasteiger partial charge in [0.1, 0.15) is 11.8 Å². The summed E-state index contributed by atoms with van der Waals surface area (Å²) in [5, 5.41) is 8.18. The van der Waals surface area contributed by atoms with E-state index in [-0.39, 0.29) is 12.0 Å². The molecule has 0 saturated carbocycles. The first-order valence-electron chi connectivity index (χ1n) is 8.66. The minimum absolute atomic E-state index is 0.0133. The summed E-state index contributed by atoms with van der Waals surface area (Å²) in [6, 6.07) is 14.6. The number of ether oxygens (including phenoxy) is 1. The lowest BCUT2D eigenvalue weighted by molar-refractivity contribution is 0.404. The zero-order valence-corrected chi connectivity index (χ0v) is 17.2. The number of rotatable bonds is 5. The quantitative estimate of drug-likeness (QED) is 0.642. The molecule has 29 heavy (non-hydrogen) atoms. The zero-order chi connectivity index (χ0) is 20.6. The van der Waals surface area contributed by atoms with Crippen LogP contribution in [0.25, 0.3) is 5.70 Å². The van der Waals surface area contributed by atoms with E-state index in [1.54, 1.807) is 23.9 Å². The summed E-state index contributed by atoms with van der Waals surface area (Å²) < 4.78 is 32.7. The SMILES string of the molecule is COc1ccccc1[C@H]1C=C(c2ccc(Cl)cc2)Nc2nc(NS(C)(=O)=O)nn21. The van der Waals surface area contributed by atoms with E-state index < -0.39 is 10.0 Å². The number of anilines is 2. The van der Waals surface area contributed by atoms with E-state index >= 15 is 0 Å². The zero-order valence-electron chi connectivity index (χ0n) is 15.6. The second kappa shape index (κ2) is 7.41. The van der Waals surface area contributed by atoms with Crippen molar-refractivity contribution in [3.05, 3.63) is 70.8 Å². The maximum absolute atomic E-state index is 11.6. The van der Waals surface area contributed by atoms with Crippen LogP contribution in [0.4, 0.5) is 11.9 Å². The van der Waals surface area contributed by atoms with Crippen LogP contribution in [0.15, 0.2) is 54.6 Å². The van der Waals surface area contributed by atoms with Gasteiger partial charge in [0.05, 0.1) is 13.4 Å². The maximum Gasteiger partial charge on any atom is 0.257 e. The van der Waals surface area contributed by atoms with Crippen molar-refractivity contribution in [1.29, 1.82) is 0 Å². The third kappa shape index (κ3) is 4.06. The Bertz CT molecular complexity index is 1190. The molecule has 150 valence electrons. The molecule has 1 aromatic heterocycles. The second-order valence-electron chi connectivity index (χ2n) is 6.48. The van der Waals surface area contributed by atoms with Crippen molar-refractivity contribution in [2.24, 2.45) is 0 Å². The molecule has 0 bridgehead atoms. The minimum Gasteiger partial charge on any atom is -0.496 e. The summed E-state index contributed by atoms with van der Waals surface area (Å²) in [6.07, 6.45) is 3.03. The Hall–Kier alpha value is -3.04. The van der Waals surface area contributed by atoms with Crippen molar-refractivity contribution in [3.63, 3.8) is 0 Å². The van der Waals surface area contributed by atoms with Crippen LogP contribution < -0.4 is 14.8 Å². The van der Waals surface area contributed by atoms with E-state index in [4.69, 9.17) is 16.3 Å². The van der Waals surface area contributed by atoms with E-state index in [2.05, 4.69) is 20.1 Å². The Labute approximate surface area is 173 Å². The normalized spacial score (nSPS) is 15.8. The fourth-order valence-corrected chi connectivity index (χ4v) is 3.68. The summed E-state index contributed by atoms with van der Waals surface area (Å²) in [7, 11) is -1.91. The smallest absolute Gasteiger partial charge is 0.257 e. The van der Waals surface area contributed by atoms with Gasteiger partial charge in [-0.05, 0) is 29.8 Å². The summed E-state index contributed by atoms with van der Waals surface area (Å²) in [4.78, 5) is 4.30. The lowest BCUT2D eigenvalue weighted by Crippen LogP contribution is -2.20. The van der Waals surface area contributed by atoms with Gasteiger partial charge in [-0.15, -0.1) is 5.10 Å². The van der Waals surface area contributed by atoms with Crippen LogP contribution >= 0.6 is 11.6 Å². The highest BCUT2D eigenvalue weighted by Crippen LogP contribution is 2.37. The number of aromatic nitrogens is 3. The number of hydrogen-bond acceptors (Lipinski definition) is 6. The molecule has 0 saturated heterocycles. The molecule has 4 rings (SSSR count). The van der Waals surface area contributed by atoms with Gasteiger partial charge >= 0.3 is 0 Å². The van der Waals surface area contributed by atoms with Crippen molar-refractivity contribution < 1.29 is 13.2 Å². The van der Waals surface area contributed by atoms with Crippen molar-refractivity contribution in [2.45, 2.75) is 6.04 Å². The highest BCUT2D eigenvalue weighted by atomic mass is 35.5. The Morgan fingerprint density at radius 2 is 1.90 bits per heavy atom. The summed E-state index contributed by atoms with van der Waals surface area (Å²) in [5.74, 6) is 1.07. The van der Waals surface area contributed by atoms with Crippen LogP contribution in [0.1, 0.15) is 17.2 Å². The molecule has 3 aromatic rings. The molecule has 0 radical (unpaired) electrons. The van der Waals surface area contributed by atoms with Crippen LogP contribution in [-0.4, -0.2) is 36.5 Å². The number of benzene rings is 2. The van der Waals surface area contributed by atoms with Crippen molar-refractivity contribution in [3.8, 4) is 5.75 Å². The molecule has 0 fully saturated rings. The largest absolute Gasteiger partial charge is 0.496 e. The van der Waals surface area contributed by atoms with Crippen molar-refractivity contribution in [2.75, 3.05) is 23.4 Å². The molecule has 1 aliphatic rings. The van der Waals surface area contributed by atoms with Gasteiger partial charge in [0.25, 0.3) is 5.95 Å². The molecule has 2 aromatic carbocycles. The number of allylic oxidation sites excluding steroid dienone is 1. The van der Waals surface area contributed by atoms with Gasteiger partial charge in [-0.1, -0.05) is 41.9 Å². The predicted octanol–water partition coefficient (Wildman–Crippen LogP) is 3.37. The number of methoxy groups -OCH3 is 1. The van der Waals surface area contributed by atoms with Gasteiger partial charge in [0.2, 0.25) is 16.0 Å². The highest BCUT2D eigenvalue weighted by molar-refractivity contribution is 7.91. The third-order valence-electron chi connectivity index (χ3n) is 4.36. The average molecular weight is 432 g/mol. The Kier molecular flexibility index (Phi) is 4.93. The fourth-order valence-electron chi connectivity index (χ4n) is 3.13. The molecular weight excluding hydrogens is 414 g/mol. The number of para-hydroxylation sites is 1. The number of fused-ring (bicyclic) bond motifs is 1. The molecule has 0 amide bonds. The molecule has 2 heterocycles. The van der Waals surface area contributed by atoms with E-state index in [0.29, 0.717) is 16.7 Å². The van der Waals surface area contributed by atoms with Gasteiger partial charge in [-0.3, -0.25) is 4.72 Å². The fraction of sp³-hybridized carbons (Fsp3) is 0.158. The molecule has 0 aliphatic carbocycles. The first kappa shape index (κ1) is 19.3. The molecule has 1 atom stereocenters. The molecular formula is C19H18ClN5O3S. The number of nitrogens with zero attached hydrogens (tertiary/aromatic N) is 3. The molecule has 0 unspecified atom stereocenters. The molecule has 8 nitrogen and oxygen atoms in total. The van der Waals surface area contributed by atoms with Crippen LogP contribution in [0.5, 0.6) is 5.75 Å². The van der Waals surface area contributed by atoms with Crippen LogP contribution in [0, 0.1) is 0 Å². The van der Waals surface area contributed by atoms with Gasteiger partial charge in [0, 0.05) is 16.3 Å². The Balaban J connectivity index is 1.84. The maximum atomic E-state index is 11.6. The number of sulfonamides is 1. The molecule has 2 N–H and O–H groups in total. The van der Waals surface area contributed by atoms with E-state index in [0.717, 1.165) is 23.1 Å². The van der Waals surface area contributed by atoms with Crippen LogP contribution in [0.2, 0.25) is 5.02 Å². The summed E-state index contributed by atoms with van der Waals surface area (Å²) >= 11 is 6.01. The molecule has 0 spiro atoms.